The van der Waals surface area contributed by atoms with Crippen LogP contribution in [0.2, 0.25) is 0 Å². The SMILES string of the molecule is CN=CC(=CN)NC(=O)Nc1ccc(-c2nc(N3CCOCC3)cc(C3(S(=O)c4nc(C)cs4)CC3)n2)cc1. The summed E-state index contributed by atoms with van der Waals surface area (Å²) >= 11 is 1.43. The van der Waals surface area contributed by atoms with Gasteiger partial charge in [-0.3, -0.25) is 9.20 Å². The van der Waals surface area contributed by atoms with Crippen LogP contribution in [0.15, 0.2) is 56.9 Å². The second kappa shape index (κ2) is 11.6. The molecule has 4 N–H and O–H groups in total. The van der Waals surface area contributed by atoms with Crippen LogP contribution < -0.4 is 21.3 Å². The topological polar surface area (TPSA) is 148 Å². The number of thiazole rings is 1. The molecule has 3 heterocycles. The van der Waals surface area contributed by atoms with Crippen LogP contribution in [0.1, 0.15) is 24.2 Å². The number of amides is 2. The zero-order chi connectivity index (χ0) is 27.4. The number of carbonyl (C=O) groups is 1. The molecular weight excluding hydrogens is 536 g/mol. The van der Waals surface area contributed by atoms with Crippen molar-refractivity contribution >= 4 is 45.9 Å². The number of nitrogens with zero attached hydrogens (tertiary/aromatic N) is 5. The van der Waals surface area contributed by atoms with Crippen molar-refractivity contribution in [1.82, 2.24) is 20.3 Å². The van der Waals surface area contributed by atoms with Crippen molar-refractivity contribution in [1.29, 1.82) is 0 Å². The lowest BCUT2D eigenvalue weighted by Crippen LogP contribution is -2.37. The Kier molecular flexibility index (Phi) is 8.00. The molecule has 1 aliphatic carbocycles. The number of anilines is 2. The van der Waals surface area contributed by atoms with Crippen LogP contribution in [0.4, 0.5) is 16.3 Å². The fourth-order valence-electron chi connectivity index (χ4n) is 4.24. The Labute approximate surface area is 233 Å². The number of aryl methyl sites for hydroxylation is 1. The van der Waals surface area contributed by atoms with Gasteiger partial charge in [0.15, 0.2) is 10.2 Å². The van der Waals surface area contributed by atoms with Crippen molar-refractivity contribution in [3.8, 4) is 11.4 Å². The number of rotatable bonds is 8. The molecule has 1 aliphatic heterocycles. The Hall–Kier alpha value is -3.68. The van der Waals surface area contributed by atoms with Crippen molar-refractivity contribution in [2.24, 2.45) is 10.7 Å². The number of aliphatic imine (C=N–C) groups is 1. The van der Waals surface area contributed by atoms with Crippen LogP contribution in [0.3, 0.4) is 0 Å². The molecular formula is C26H30N8O3S2. The number of ether oxygens (including phenoxy) is 1. The van der Waals surface area contributed by atoms with E-state index in [0.29, 0.717) is 34.8 Å². The molecule has 3 aromatic rings. The van der Waals surface area contributed by atoms with Gasteiger partial charge < -0.3 is 26.0 Å². The first-order valence-electron chi connectivity index (χ1n) is 12.5. The molecule has 1 aromatic carbocycles. The van der Waals surface area contributed by atoms with E-state index in [-0.39, 0.29) is 0 Å². The molecule has 1 saturated heterocycles. The molecule has 39 heavy (non-hydrogen) atoms. The largest absolute Gasteiger partial charge is 0.403 e. The molecule has 2 fully saturated rings. The molecule has 204 valence electrons. The Bertz CT molecular complexity index is 1430. The number of hydrogen-bond acceptors (Lipinski definition) is 10. The average molecular weight is 567 g/mol. The first-order valence-corrected chi connectivity index (χ1v) is 14.5. The highest BCUT2D eigenvalue weighted by atomic mass is 32.2. The van der Waals surface area contributed by atoms with E-state index in [1.807, 2.05) is 30.5 Å². The summed E-state index contributed by atoms with van der Waals surface area (Å²) < 4.78 is 19.3. The van der Waals surface area contributed by atoms with Gasteiger partial charge in [-0.25, -0.2) is 19.7 Å². The van der Waals surface area contributed by atoms with E-state index in [9.17, 15) is 9.00 Å². The van der Waals surface area contributed by atoms with Crippen molar-refractivity contribution in [2.45, 2.75) is 28.9 Å². The van der Waals surface area contributed by atoms with E-state index in [0.717, 1.165) is 48.7 Å². The molecule has 2 aromatic heterocycles. The average Bonchev–Trinajstić information content (AvgIpc) is 3.67. The normalized spacial score (nSPS) is 17.7. The molecule has 0 spiro atoms. The molecule has 2 amide bonds. The van der Waals surface area contributed by atoms with Crippen LogP contribution in [-0.4, -0.2) is 64.8 Å². The molecule has 11 nitrogen and oxygen atoms in total. The molecule has 1 saturated carbocycles. The number of benzene rings is 1. The monoisotopic (exact) mass is 566 g/mol. The first kappa shape index (κ1) is 26.9. The maximum absolute atomic E-state index is 13.7. The Morgan fingerprint density at radius 2 is 1.95 bits per heavy atom. The van der Waals surface area contributed by atoms with Crippen LogP contribution in [0.5, 0.6) is 0 Å². The lowest BCUT2D eigenvalue weighted by Gasteiger charge is -2.29. The Balaban J connectivity index is 1.43. The number of allylic oxidation sites excluding steroid dienone is 1. The summed E-state index contributed by atoms with van der Waals surface area (Å²) in [5.74, 6) is 1.33. The summed E-state index contributed by atoms with van der Waals surface area (Å²) in [6.45, 7) is 4.59. The predicted octanol–water partition coefficient (Wildman–Crippen LogP) is 3.16. The summed E-state index contributed by atoms with van der Waals surface area (Å²) in [6.07, 6.45) is 4.27. The smallest absolute Gasteiger partial charge is 0.323 e. The highest BCUT2D eigenvalue weighted by Gasteiger charge is 2.53. The minimum absolute atomic E-state index is 0.381. The van der Waals surface area contributed by atoms with Crippen molar-refractivity contribution in [3.63, 3.8) is 0 Å². The highest BCUT2D eigenvalue weighted by Crippen LogP contribution is 2.53. The van der Waals surface area contributed by atoms with Crippen LogP contribution in [0, 0.1) is 6.92 Å². The number of nitrogens with one attached hydrogen (secondary N) is 2. The fraction of sp³-hybridized carbons (Fsp3) is 0.346. The second-order valence-electron chi connectivity index (χ2n) is 9.22. The predicted molar refractivity (Wildman–Crippen MR) is 154 cm³/mol. The number of hydrogen-bond donors (Lipinski definition) is 3. The van der Waals surface area contributed by atoms with Crippen LogP contribution in [-0.2, 0) is 20.3 Å². The van der Waals surface area contributed by atoms with Gasteiger partial charge >= 0.3 is 6.03 Å². The van der Waals surface area contributed by atoms with Crippen molar-refractivity contribution in [3.05, 3.63) is 59.0 Å². The van der Waals surface area contributed by atoms with Gasteiger partial charge in [-0.2, -0.15) is 0 Å². The molecule has 1 atom stereocenters. The van der Waals surface area contributed by atoms with Crippen molar-refractivity contribution < 1.29 is 13.7 Å². The van der Waals surface area contributed by atoms with Gasteiger partial charge in [-0.1, -0.05) is 0 Å². The van der Waals surface area contributed by atoms with E-state index >= 15 is 0 Å². The highest BCUT2D eigenvalue weighted by molar-refractivity contribution is 7.88. The third-order valence-electron chi connectivity index (χ3n) is 6.44. The number of morpholine rings is 1. The summed E-state index contributed by atoms with van der Waals surface area (Å²) in [5.41, 5.74) is 8.89. The summed E-state index contributed by atoms with van der Waals surface area (Å²) in [4.78, 5) is 32.6. The van der Waals surface area contributed by atoms with Crippen LogP contribution >= 0.6 is 11.3 Å². The Morgan fingerprint density at radius 3 is 2.56 bits per heavy atom. The minimum atomic E-state index is -1.31. The zero-order valence-electron chi connectivity index (χ0n) is 21.7. The summed E-state index contributed by atoms with van der Waals surface area (Å²) in [6, 6.07) is 8.80. The number of aromatic nitrogens is 3. The molecule has 1 unspecified atom stereocenters. The fourth-order valence-corrected chi connectivity index (χ4v) is 7.06. The Morgan fingerprint density at radius 1 is 1.21 bits per heavy atom. The van der Waals surface area contributed by atoms with Gasteiger partial charge in [-0.15, -0.1) is 11.3 Å². The molecule has 2 aliphatic rings. The lowest BCUT2D eigenvalue weighted by atomic mass is 10.1. The summed E-state index contributed by atoms with van der Waals surface area (Å²) in [7, 11) is 0.277. The number of nitrogens with two attached hydrogens (primary N) is 1. The lowest BCUT2D eigenvalue weighted by molar-refractivity contribution is 0.122. The quantitative estimate of drug-likeness (QED) is 0.352. The zero-order valence-corrected chi connectivity index (χ0v) is 23.3. The van der Waals surface area contributed by atoms with E-state index in [4.69, 9.17) is 20.4 Å². The van der Waals surface area contributed by atoms with Crippen LogP contribution in [0.25, 0.3) is 11.4 Å². The third-order valence-corrected chi connectivity index (χ3v) is 9.67. The number of carbonyl (C=O) groups excluding carboxylic acids is 1. The second-order valence-corrected chi connectivity index (χ2v) is 12.0. The van der Waals surface area contributed by atoms with Gasteiger partial charge in [-0.05, 0) is 44.0 Å². The maximum Gasteiger partial charge on any atom is 0.323 e. The maximum atomic E-state index is 13.7. The van der Waals surface area contributed by atoms with Gasteiger partial charge in [0.1, 0.15) is 5.82 Å². The van der Waals surface area contributed by atoms with Gasteiger partial charge in [0, 0.05) is 60.9 Å². The molecule has 0 bridgehead atoms. The molecule has 0 radical (unpaired) electrons. The standard InChI is InChI=1S/C26H30N8O3S2/c1-17-16-38-25(29-17)39(36)26(7-8-26)21-13-22(34-9-11-37-12-10-34)33-23(32-21)18-3-5-19(6-4-18)30-24(35)31-20(14-27)15-28-2/h3-6,13-16H,7-12,27H2,1-2H3,(H2,30,31,35). The van der Waals surface area contributed by atoms with E-state index < -0.39 is 21.6 Å². The third kappa shape index (κ3) is 6.00. The van der Waals surface area contributed by atoms with Crippen molar-refractivity contribution in [2.75, 3.05) is 43.6 Å². The minimum Gasteiger partial charge on any atom is -0.403 e. The van der Waals surface area contributed by atoms with Gasteiger partial charge in [0.25, 0.3) is 0 Å². The van der Waals surface area contributed by atoms with Gasteiger partial charge in [0.05, 0.1) is 40.2 Å². The van der Waals surface area contributed by atoms with Gasteiger partial charge in [0.2, 0.25) is 0 Å². The summed E-state index contributed by atoms with van der Waals surface area (Å²) in [5, 5.41) is 7.32. The molecule has 13 heteroatoms. The van der Waals surface area contributed by atoms with E-state index in [1.165, 1.54) is 23.8 Å². The van der Waals surface area contributed by atoms with E-state index in [1.54, 1.807) is 19.2 Å². The first-order chi connectivity index (χ1) is 18.9. The number of urea groups is 1. The molecule has 5 rings (SSSR count). The van der Waals surface area contributed by atoms with E-state index in [2.05, 4.69) is 25.5 Å².